The van der Waals surface area contributed by atoms with Crippen molar-refractivity contribution in [1.82, 2.24) is 0 Å². The minimum absolute atomic E-state index is 0.0111. The third kappa shape index (κ3) is 6.02. The molecule has 0 aliphatic carbocycles. The number of methoxy groups -OCH3 is 1. The van der Waals surface area contributed by atoms with Crippen LogP contribution in [0.5, 0.6) is 11.5 Å². The van der Waals surface area contributed by atoms with Crippen LogP contribution in [0.15, 0.2) is 48.5 Å². The Morgan fingerprint density at radius 2 is 1.56 bits per heavy atom. The smallest absolute Gasteiger partial charge is 0.262 e. The van der Waals surface area contributed by atoms with Crippen LogP contribution in [-0.2, 0) is 9.59 Å². The van der Waals surface area contributed by atoms with Gasteiger partial charge in [-0.05, 0) is 43.2 Å². The predicted molar refractivity (Wildman–Crippen MR) is 106 cm³/mol. The Hall–Kier alpha value is -3.02. The van der Waals surface area contributed by atoms with Gasteiger partial charge in [0.1, 0.15) is 0 Å². The second-order valence-electron chi connectivity index (χ2n) is 6.07. The van der Waals surface area contributed by atoms with Crippen LogP contribution in [-0.4, -0.2) is 25.5 Å². The average Bonchev–Trinajstić information content (AvgIpc) is 2.67. The molecule has 2 rings (SSSR count). The van der Waals surface area contributed by atoms with Gasteiger partial charge in [0.05, 0.1) is 7.11 Å². The first kappa shape index (κ1) is 20.3. The molecule has 0 bridgehead atoms. The molecule has 6 heteroatoms. The third-order valence-electron chi connectivity index (χ3n) is 4.20. The van der Waals surface area contributed by atoms with Crippen molar-refractivity contribution in [3.63, 3.8) is 0 Å². The van der Waals surface area contributed by atoms with Crippen LogP contribution in [0.25, 0.3) is 0 Å². The molecule has 0 heterocycles. The number of hydrogen-bond donors (Lipinski definition) is 2. The van der Waals surface area contributed by atoms with Gasteiger partial charge in [-0.2, -0.15) is 0 Å². The van der Waals surface area contributed by atoms with Gasteiger partial charge < -0.3 is 20.1 Å². The van der Waals surface area contributed by atoms with Gasteiger partial charge in [0.2, 0.25) is 5.91 Å². The molecule has 0 saturated heterocycles. The van der Waals surface area contributed by atoms with Crippen LogP contribution < -0.4 is 20.1 Å². The molecule has 0 radical (unpaired) electrons. The van der Waals surface area contributed by atoms with Crippen LogP contribution in [0.4, 0.5) is 11.4 Å². The normalized spacial score (nSPS) is 10.4. The van der Waals surface area contributed by atoms with E-state index in [-0.39, 0.29) is 24.3 Å². The number of benzene rings is 2. The maximum atomic E-state index is 12.2. The second-order valence-corrected chi connectivity index (χ2v) is 6.07. The minimum Gasteiger partial charge on any atom is -0.493 e. The van der Waals surface area contributed by atoms with Crippen LogP contribution in [0, 0.1) is 5.92 Å². The lowest BCUT2D eigenvalue weighted by molar-refractivity contribution is -0.120. The molecule has 0 atom stereocenters. The Bertz CT molecular complexity index is 772. The van der Waals surface area contributed by atoms with Gasteiger partial charge in [-0.25, -0.2) is 0 Å². The summed E-state index contributed by atoms with van der Waals surface area (Å²) in [4.78, 5) is 24.4. The molecule has 2 N–H and O–H groups in total. The molecule has 6 nitrogen and oxygen atoms in total. The van der Waals surface area contributed by atoms with E-state index < -0.39 is 0 Å². The van der Waals surface area contributed by atoms with Gasteiger partial charge in [-0.1, -0.05) is 32.0 Å². The molecule has 0 saturated carbocycles. The molecular weight excluding hydrogens is 344 g/mol. The Morgan fingerprint density at radius 3 is 2.19 bits per heavy atom. The zero-order valence-corrected chi connectivity index (χ0v) is 16.0. The van der Waals surface area contributed by atoms with E-state index in [1.165, 1.54) is 0 Å². The van der Waals surface area contributed by atoms with Crippen molar-refractivity contribution in [3.05, 3.63) is 48.5 Å². The van der Waals surface area contributed by atoms with Crippen molar-refractivity contribution in [1.29, 1.82) is 0 Å². The molecule has 0 fully saturated rings. The van der Waals surface area contributed by atoms with E-state index in [0.29, 0.717) is 22.9 Å². The fourth-order valence-corrected chi connectivity index (χ4v) is 2.66. The Labute approximate surface area is 159 Å². The summed E-state index contributed by atoms with van der Waals surface area (Å²) >= 11 is 0. The summed E-state index contributed by atoms with van der Waals surface area (Å²) in [6, 6.07) is 14.2. The first-order valence-corrected chi connectivity index (χ1v) is 9.04. The fourth-order valence-electron chi connectivity index (χ4n) is 2.66. The zero-order valence-electron chi connectivity index (χ0n) is 16.0. The first-order valence-electron chi connectivity index (χ1n) is 9.04. The highest BCUT2D eigenvalue weighted by Crippen LogP contribution is 2.25. The van der Waals surface area contributed by atoms with Crippen LogP contribution in [0.1, 0.15) is 26.7 Å². The number of rotatable bonds is 9. The number of amides is 2. The number of hydrogen-bond acceptors (Lipinski definition) is 4. The number of nitrogens with one attached hydrogen (secondary N) is 2. The van der Waals surface area contributed by atoms with Gasteiger partial charge in [0.15, 0.2) is 18.1 Å². The largest absolute Gasteiger partial charge is 0.493 e. The second kappa shape index (κ2) is 10.2. The summed E-state index contributed by atoms with van der Waals surface area (Å²) in [5.41, 5.74) is 1.24. The van der Waals surface area contributed by atoms with Gasteiger partial charge in [-0.3, -0.25) is 9.59 Å². The number of ether oxygens (including phenoxy) is 2. The lowest BCUT2D eigenvalue weighted by Crippen LogP contribution is -2.22. The monoisotopic (exact) mass is 370 g/mol. The first-order chi connectivity index (χ1) is 13.1. The molecule has 0 aliphatic rings. The lowest BCUT2D eigenvalue weighted by Gasteiger charge is -2.14. The van der Waals surface area contributed by atoms with Gasteiger partial charge in [0.25, 0.3) is 5.91 Å². The summed E-state index contributed by atoms with van der Waals surface area (Å²) < 4.78 is 10.7. The van der Waals surface area contributed by atoms with Crippen molar-refractivity contribution in [2.45, 2.75) is 26.7 Å². The van der Waals surface area contributed by atoms with E-state index in [4.69, 9.17) is 9.47 Å². The predicted octanol–water partition coefficient (Wildman–Crippen LogP) is 4.09. The van der Waals surface area contributed by atoms with Crippen molar-refractivity contribution in [2.75, 3.05) is 24.4 Å². The molecule has 0 unspecified atom stereocenters. The quantitative estimate of drug-likeness (QED) is 0.697. The van der Waals surface area contributed by atoms with E-state index in [0.717, 1.165) is 12.8 Å². The maximum absolute atomic E-state index is 12.2. The van der Waals surface area contributed by atoms with Crippen LogP contribution >= 0.6 is 0 Å². The van der Waals surface area contributed by atoms with E-state index in [1.807, 2.05) is 26.0 Å². The molecule has 27 heavy (non-hydrogen) atoms. The number of anilines is 2. The molecule has 0 spiro atoms. The molecule has 0 aromatic heterocycles. The molecule has 0 aliphatic heterocycles. The van der Waals surface area contributed by atoms with E-state index in [9.17, 15) is 9.59 Å². The van der Waals surface area contributed by atoms with E-state index in [2.05, 4.69) is 10.6 Å². The fraction of sp³-hybridized carbons (Fsp3) is 0.333. The van der Waals surface area contributed by atoms with Crippen molar-refractivity contribution < 1.29 is 19.1 Å². The summed E-state index contributed by atoms with van der Waals surface area (Å²) in [7, 11) is 1.55. The Kier molecular flexibility index (Phi) is 7.67. The van der Waals surface area contributed by atoms with E-state index >= 15 is 0 Å². The summed E-state index contributed by atoms with van der Waals surface area (Å²) in [5.74, 6) is 0.739. The molecule has 2 aromatic rings. The number of carbonyl (C=O) groups excluding carboxylic acids is 2. The number of para-hydroxylation sites is 2. The summed E-state index contributed by atoms with van der Waals surface area (Å²) in [6.45, 7) is 3.84. The number of carbonyl (C=O) groups is 2. The Morgan fingerprint density at radius 1 is 0.926 bits per heavy atom. The maximum Gasteiger partial charge on any atom is 0.262 e. The highest BCUT2D eigenvalue weighted by Gasteiger charge is 2.14. The minimum atomic E-state index is -0.302. The standard InChI is InChI=1S/C21H26N2O4/c1-4-15(5-2)21(25)23-17-10-8-9-16(13-17)22-20(24)14-27-19-12-7-6-11-18(19)26-3/h6-13,15H,4-5,14H2,1-3H3,(H,22,24)(H,23,25). The summed E-state index contributed by atoms with van der Waals surface area (Å²) in [6.07, 6.45) is 1.58. The SMILES string of the molecule is CCC(CC)C(=O)Nc1cccc(NC(=O)COc2ccccc2OC)c1. The topological polar surface area (TPSA) is 76.7 Å². The Balaban J connectivity index is 1.93. The molecule has 144 valence electrons. The summed E-state index contributed by atoms with van der Waals surface area (Å²) in [5, 5.41) is 5.66. The lowest BCUT2D eigenvalue weighted by atomic mass is 10.0. The average molecular weight is 370 g/mol. The molecule has 2 amide bonds. The van der Waals surface area contributed by atoms with Crippen molar-refractivity contribution in [3.8, 4) is 11.5 Å². The van der Waals surface area contributed by atoms with Crippen molar-refractivity contribution in [2.24, 2.45) is 5.92 Å². The van der Waals surface area contributed by atoms with Gasteiger partial charge in [0, 0.05) is 17.3 Å². The third-order valence-corrected chi connectivity index (χ3v) is 4.20. The van der Waals surface area contributed by atoms with E-state index in [1.54, 1.807) is 43.5 Å². The zero-order chi connectivity index (χ0) is 19.6. The van der Waals surface area contributed by atoms with Gasteiger partial charge >= 0.3 is 0 Å². The van der Waals surface area contributed by atoms with Gasteiger partial charge in [-0.15, -0.1) is 0 Å². The highest BCUT2D eigenvalue weighted by atomic mass is 16.5. The van der Waals surface area contributed by atoms with Crippen molar-refractivity contribution >= 4 is 23.2 Å². The van der Waals surface area contributed by atoms with Crippen LogP contribution in [0.2, 0.25) is 0 Å². The highest BCUT2D eigenvalue weighted by molar-refractivity contribution is 5.95. The molecule has 2 aromatic carbocycles. The molecular formula is C21H26N2O4. The van der Waals surface area contributed by atoms with Crippen LogP contribution in [0.3, 0.4) is 0 Å².